The molecule has 0 aromatic carbocycles. The highest BCUT2D eigenvalue weighted by Gasteiger charge is 2.67. The normalized spacial score (nSPS) is 27.8. The minimum absolute atomic E-state index is 0.0110. The van der Waals surface area contributed by atoms with Crippen LogP contribution in [-0.4, -0.2) is 40.6 Å². The number of aliphatic hydroxyl groups is 1. The van der Waals surface area contributed by atoms with Crippen molar-refractivity contribution < 1.29 is 32.6 Å². The average molecular weight is 333 g/mol. The molecule has 1 aliphatic rings. The van der Waals surface area contributed by atoms with Crippen LogP contribution in [0.5, 0.6) is 0 Å². The van der Waals surface area contributed by atoms with Gasteiger partial charge in [0.1, 0.15) is 5.92 Å². The Balaban J connectivity index is 2.54. The molecule has 7 nitrogen and oxygen atoms in total. The lowest BCUT2D eigenvalue weighted by Crippen LogP contribution is -2.73. The van der Waals surface area contributed by atoms with Gasteiger partial charge in [0, 0.05) is 6.20 Å². The van der Waals surface area contributed by atoms with E-state index in [2.05, 4.69) is 15.0 Å². The smallest absolute Gasteiger partial charge is 0.437 e. The number of hydrogen-bond acceptors (Lipinski definition) is 5. The first kappa shape index (κ1) is 17.0. The molecule has 3 unspecified atom stereocenters. The number of rotatable bonds is 3. The number of esters is 1. The second kappa shape index (κ2) is 6.03. The highest BCUT2D eigenvalue weighted by molar-refractivity contribution is 5.83. The van der Waals surface area contributed by atoms with Crippen molar-refractivity contribution in [1.82, 2.24) is 15.6 Å². The number of pyridine rings is 1. The molecule has 2 rings (SSSR count). The van der Waals surface area contributed by atoms with E-state index >= 15 is 0 Å². The summed E-state index contributed by atoms with van der Waals surface area (Å²) in [5, 5.41) is 13.6. The largest absolute Gasteiger partial charge is 0.466 e. The van der Waals surface area contributed by atoms with Crippen molar-refractivity contribution >= 4 is 12.0 Å². The zero-order valence-electron chi connectivity index (χ0n) is 11.9. The molecule has 3 N–H and O–H groups in total. The molecule has 0 saturated carbocycles. The molecule has 23 heavy (non-hydrogen) atoms. The predicted octanol–water partition coefficient (Wildman–Crippen LogP) is 0.866. The van der Waals surface area contributed by atoms with Crippen LogP contribution in [0.25, 0.3) is 0 Å². The highest BCUT2D eigenvalue weighted by atomic mass is 19.4. The minimum Gasteiger partial charge on any atom is -0.466 e. The average Bonchev–Trinajstić information content (AvgIpc) is 2.46. The van der Waals surface area contributed by atoms with Crippen LogP contribution in [0.4, 0.5) is 18.0 Å². The van der Waals surface area contributed by atoms with Crippen molar-refractivity contribution in [3.63, 3.8) is 0 Å². The molecule has 126 valence electrons. The summed E-state index contributed by atoms with van der Waals surface area (Å²) in [5.74, 6) is -3.47. The topological polar surface area (TPSA) is 101 Å². The molecule has 1 aromatic heterocycles. The molecule has 10 heteroatoms. The number of alkyl halides is 3. The van der Waals surface area contributed by atoms with Gasteiger partial charge in [-0.1, -0.05) is 6.07 Å². The third-order valence-corrected chi connectivity index (χ3v) is 3.35. The summed E-state index contributed by atoms with van der Waals surface area (Å²) in [6.07, 6.45) is -4.01. The standard InChI is InChI=1S/C13H14F3N3O4/c1-2-23-10(20)8-9(7-5-3-4-6-17-7)18-11(21)19-12(8,22)13(14,15)16/h3-6,8-9,22H,2H2,1H3,(H2,18,19,21). The summed E-state index contributed by atoms with van der Waals surface area (Å²) in [6.45, 7) is 1.22. The second-order valence-corrected chi connectivity index (χ2v) is 4.82. The Morgan fingerprint density at radius 2 is 2.17 bits per heavy atom. The van der Waals surface area contributed by atoms with Crippen LogP contribution in [-0.2, 0) is 9.53 Å². The molecular formula is C13H14F3N3O4. The van der Waals surface area contributed by atoms with Crippen LogP contribution >= 0.6 is 0 Å². The Morgan fingerprint density at radius 3 is 2.70 bits per heavy atom. The third kappa shape index (κ3) is 3.07. The highest BCUT2D eigenvalue weighted by Crippen LogP contribution is 2.42. The van der Waals surface area contributed by atoms with E-state index in [9.17, 15) is 27.9 Å². The lowest BCUT2D eigenvalue weighted by Gasteiger charge is -2.43. The minimum atomic E-state index is -5.30. The van der Waals surface area contributed by atoms with Gasteiger partial charge < -0.3 is 20.5 Å². The summed E-state index contributed by atoms with van der Waals surface area (Å²) in [6, 6.07) is 1.54. The summed E-state index contributed by atoms with van der Waals surface area (Å²) in [4.78, 5) is 27.5. The van der Waals surface area contributed by atoms with Crippen molar-refractivity contribution in [2.24, 2.45) is 5.92 Å². The maximum atomic E-state index is 13.3. The zero-order chi connectivity index (χ0) is 17.3. The van der Waals surface area contributed by atoms with Crippen molar-refractivity contribution in [3.8, 4) is 0 Å². The van der Waals surface area contributed by atoms with E-state index in [-0.39, 0.29) is 12.3 Å². The maximum Gasteiger partial charge on any atom is 0.437 e. The van der Waals surface area contributed by atoms with Gasteiger partial charge in [-0.15, -0.1) is 0 Å². The first-order chi connectivity index (χ1) is 10.7. The maximum absolute atomic E-state index is 13.3. The molecule has 2 amide bonds. The van der Waals surface area contributed by atoms with Crippen LogP contribution in [0, 0.1) is 5.92 Å². The fourth-order valence-electron chi connectivity index (χ4n) is 2.34. The number of carbonyl (C=O) groups excluding carboxylic acids is 2. The number of amides is 2. The quantitative estimate of drug-likeness (QED) is 0.713. The van der Waals surface area contributed by atoms with Crippen LogP contribution in [0.2, 0.25) is 0 Å². The van der Waals surface area contributed by atoms with Gasteiger partial charge in [-0.3, -0.25) is 9.78 Å². The van der Waals surface area contributed by atoms with Crippen LogP contribution in [0.3, 0.4) is 0 Å². The van der Waals surface area contributed by atoms with E-state index in [1.165, 1.54) is 36.6 Å². The first-order valence-corrected chi connectivity index (χ1v) is 6.66. The lowest BCUT2D eigenvalue weighted by atomic mass is 9.83. The number of urea groups is 1. The fraction of sp³-hybridized carbons (Fsp3) is 0.462. The van der Waals surface area contributed by atoms with Crippen molar-refractivity contribution in [1.29, 1.82) is 0 Å². The summed E-state index contributed by atoms with van der Waals surface area (Å²) in [7, 11) is 0. The van der Waals surface area contributed by atoms with Gasteiger partial charge in [0.05, 0.1) is 18.3 Å². The molecule has 3 atom stereocenters. The van der Waals surface area contributed by atoms with Gasteiger partial charge in [0.15, 0.2) is 0 Å². The second-order valence-electron chi connectivity index (χ2n) is 4.82. The van der Waals surface area contributed by atoms with Crippen LogP contribution < -0.4 is 10.6 Å². The molecule has 0 spiro atoms. The molecule has 1 aromatic rings. The van der Waals surface area contributed by atoms with Gasteiger partial charge in [0.2, 0.25) is 0 Å². The summed E-state index contributed by atoms with van der Waals surface area (Å²) >= 11 is 0. The molecule has 1 aliphatic heterocycles. The lowest BCUT2D eigenvalue weighted by molar-refractivity contribution is -0.294. The van der Waals surface area contributed by atoms with Gasteiger partial charge >= 0.3 is 18.2 Å². The van der Waals surface area contributed by atoms with Crippen LogP contribution in [0.15, 0.2) is 24.4 Å². The van der Waals surface area contributed by atoms with E-state index in [0.717, 1.165) is 0 Å². The van der Waals surface area contributed by atoms with E-state index in [4.69, 9.17) is 0 Å². The molecule has 0 aliphatic carbocycles. The Hall–Kier alpha value is -2.36. The molecular weight excluding hydrogens is 319 g/mol. The monoisotopic (exact) mass is 333 g/mol. The third-order valence-electron chi connectivity index (χ3n) is 3.35. The number of nitrogens with zero attached hydrogens (tertiary/aromatic N) is 1. The zero-order valence-corrected chi connectivity index (χ0v) is 11.9. The number of ether oxygens (including phenoxy) is 1. The van der Waals surface area contributed by atoms with E-state index < -0.39 is 35.9 Å². The van der Waals surface area contributed by atoms with E-state index in [0.29, 0.717) is 0 Å². The molecule has 2 heterocycles. The Kier molecular flexibility index (Phi) is 4.46. The van der Waals surface area contributed by atoms with Gasteiger partial charge in [-0.2, -0.15) is 13.2 Å². The molecule has 0 radical (unpaired) electrons. The summed E-state index contributed by atoms with van der Waals surface area (Å²) in [5.41, 5.74) is -3.79. The number of hydrogen-bond donors (Lipinski definition) is 3. The van der Waals surface area contributed by atoms with E-state index in [1.54, 1.807) is 0 Å². The number of carbonyl (C=O) groups is 2. The van der Waals surface area contributed by atoms with Gasteiger partial charge in [-0.25, -0.2) is 4.79 Å². The summed E-state index contributed by atoms with van der Waals surface area (Å²) < 4.78 is 44.6. The molecule has 1 saturated heterocycles. The van der Waals surface area contributed by atoms with Crippen molar-refractivity contribution in [2.45, 2.75) is 24.9 Å². The molecule has 1 fully saturated rings. The fourth-order valence-corrected chi connectivity index (χ4v) is 2.34. The first-order valence-electron chi connectivity index (χ1n) is 6.66. The van der Waals surface area contributed by atoms with E-state index in [1.807, 2.05) is 0 Å². The SMILES string of the molecule is CCOC(=O)C1C(c2ccccn2)NC(=O)NC1(O)C(F)(F)F. The van der Waals surface area contributed by atoms with Crippen molar-refractivity contribution in [2.75, 3.05) is 6.61 Å². The number of halogens is 3. The van der Waals surface area contributed by atoms with Crippen molar-refractivity contribution in [3.05, 3.63) is 30.1 Å². The Bertz CT molecular complexity index is 596. The predicted molar refractivity (Wildman–Crippen MR) is 69.8 cm³/mol. The van der Waals surface area contributed by atoms with Crippen LogP contribution in [0.1, 0.15) is 18.7 Å². The van der Waals surface area contributed by atoms with Gasteiger partial charge in [-0.05, 0) is 19.1 Å². The number of aromatic nitrogens is 1. The number of nitrogens with one attached hydrogen (secondary N) is 2. The molecule has 0 bridgehead atoms. The Labute approximate surface area is 128 Å². The Morgan fingerprint density at radius 1 is 1.48 bits per heavy atom. The van der Waals surface area contributed by atoms with Gasteiger partial charge in [0.25, 0.3) is 5.72 Å².